The number of aromatic amines is 1. The van der Waals surface area contributed by atoms with Gasteiger partial charge < -0.3 is 9.72 Å². The van der Waals surface area contributed by atoms with E-state index in [9.17, 15) is 9.59 Å². The van der Waals surface area contributed by atoms with Gasteiger partial charge in [0.2, 0.25) is 0 Å². The van der Waals surface area contributed by atoms with Crippen molar-refractivity contribution in [2.24, 2.45) is 0 Å². The summed E-state index contributed by atoms with van der Waals surface area (Å²) in [5.74, 6) is 0.00377. The van der Waals surface area contributed by atoms with Crippen LogP contribution in [0.15, 0.2) is 45.9 Å². The third-order valence-corrected chi connectivity index (χ3v) is 3.99. The van der Waals surface area contributed by atoms with E-state index in [0.717, 1.165) is 5.56 Å². The fourth-order valence-corrected chi connectivity index (χ4v) is 2.82. The van der Waals surface area contributed by atoms with E-state index in [0.29, 0.717) is 16.7 Å². The third-order valence-electron chi connectivity index (χ3n) is 3.25. The second-order valence-electron chi connectivity index (χ2n) is 4.91. The van der Waals surface area contributed by atoms with Crippen molar-refractivity contribution in [3.05, 3.63) is 62.8 Å². The first-order chi connectivity index (χ1) is 10.6. The van der Waals surface area contributed by atoms with Gasteiger partial charge in [0.05, 0.1) is 17.3 Å². The maximum atomic E-state index is 12.0. The van der Waals surface area contributed by atoms with Gasteiger partial charge in [0.15, 0.2) is 11.9 Å². The van der Waals surface area contributed by atoms with Crippen LogP contribution in [0.4, 0.5) is 0 Å². The van der Waals surface area contributed by atoms with E-state index in [1.54, 1.807) is 25.1 Å². The summed E-state index contributed by atoms with van der Waals surface area (Å²) in [7, 11) is 0. The van der Waals surface area contributed by atoms with Crippen molar-refractivity contribution in [2.75, 3.05) is 0 Å². The number of carbonyl (C=O) groups excluding carboxylic acids is 1. The van der Waals surface area contributed by atoms with Crippen LogP contribution in [-0.2, 0) is 16.0 Å². The van der Waals surface area contributed by atoms with Crippen molar-refractivity contribution in [2.45, 2.75) is 19.4 Å². The number of hydrogen-bond donors (Lipinski definition) is 1. The summed E-state index contributed by atoms with van der Waals surface area (Å²) >= 11 is 1.53. The lowest BCUT2D eigenvalue weighted by molar-refractivity contribution is -0.148. The summed E-state index contributed by atoms with van der Waals surface area (Å²) < 4.78 is 5.35. The smallest absolute Gasteiger partial charge is 0.310 e. The van der Waals surface area contributed by atoms with Gasteiger partial charge in [-0.3, -0.25) is 9.59 Å². The van der Waals surface area contributed by atoms with Gasteiger partial charge in [0.25, 0.3) is 5.56 Å². The number of thiophene rings is 1. The third kappa shape index (κ3) is 3.07. The quantitative estimate of drug-likeness (QED) is 0.752. The number of nitrogens with one attached hydrogen (secondary N) is 1. The number of para-hydroxylation sites is 1. The van der Waals surface area contributed by atoms with Crippen molar-refractivity contribution in [3.63, 3.8) is 0 Å². The van der Waals surface area contributed by atoms with Crippen LogP contribution < -0.4 is 5.56 Å². The molecule has 0 aliphatic heterocycles. The minimum atomic E-state index is -0.608. The molecule has 0 saturated heterocycles. The molecule has 0 fully saturated rings. The first-order valence-electron chi connectivity index (χ1n) is 6.83. The Hall–Kier alpha value is -2.47. The molecule has 1 aromatic carbocycles. The summed E-state index contributed by atoms with van der Waals surface area (Å²) in [5, 5.41) is 4.33. The van der Waals surface area contributed by atoms with E-state index >= 15 is 0 Å². The predicted octanol–water partition coefficient (Wildman–Crippen LogP) is 2.83. The van der Waals surface area contributed by atoms with E-state index in [1.807, 2.05) is 22.9 Å². The standard InChI is InChI=1S/C16H14N2O3S/c1-10(21-14(19)8-11-6-7-22-9-11)15-17-13-5-3-2-4-12(13)16(20)18-15/h2-7,9-10H,8H2,1H3,(H,17,18,20)/t10-/m1/s1. The van der Waals surface area contributed by atoms with E-state index in [1.165, 1.54) is 11.3 Å². The maximum absolute atomic E-state index is 12.0. The fourth-order valence-electron chi connectivity index (χ4n) is 2.15. The number of ether oxygens (including phenoxy) is 1. The number of carbonyl (C=O) groups is 1. The highest BCUT2D eigenvalue weighted by atomic mass is 32.1. The van der Waals surface area contributed by atoms with Gasteiger partial charge in [-0.05, 0) is 41.4 Å². The number of fused-ring (bicyclic) bond motifs is 1. The molecular weight excluding hydrogens is 300 g/mol. The predicted molar refractivity (Wildman–Crippen MR) is 84.9 cm³/mol. The van der Waals surface area contributed by atoms with E-state index in [-0.39, 0.29) is 17.9 Å². The molecule has 1 atom stereocenters. The zero-order valence-electron chi connectivity index (χ0n) is 11.9. The lowest BCUT2D eigenvalue weighted by atomic mass is 10.2. The SMILES string of the molecule is C[C@@H](OC(=O)Cc1ccsc1)c1nc2ccccc2c(=O)[nH]1. The molecule has 2 heterocycles. The number of aromatic nitrogens is 2. The van der Waals surface area contributed by atoms with Crippen molar-refractivity contribution >= 4 is 28.2 Å². The number of esters is 1. The Kier molecular flexibility index (Phi) is 4.02. The summed E-state index contributed by atoms with van der Waals surface area (Å²) in [6.07, 6.45) is -0.394. The van der Waals surface area contributed by atoms with Gasteiger partial charge in [0.1, 0.15) is 0 Å². The monoisotopic (exact) mass is 314 g/mol. The van der Waals surface area contributed by atoms with Gasteiger partial charge in [-0.15, -0.1) is 0 Å². The summed E-state index contributed by atoms with van der Waals surface area (Å²) in [5.41, 5.74) is 1.27. The molecular formula is C16H14N2O3S. The molecule has 3 rings (SSSR count). The molecule has 0 saturated carbocycles. The first kappa shape index (κ1) is 14.5. The van der Waals surface area contributed by atoms with Gasteiger partial charge in [-0.2, -0.15) is 11.3 Å². The number of hydrogen-bond acceptors (Lipinski definition) is 5. The maximum Gasteiger partial charge on any atom is 0.310 e. The largest absolute Gasteiger partial charge is 0.454 e. The zero-order chi connectivity index (χ0) is 15.5. The Labute approximate surface area is 130 Å². The summed E-state index contributed by atoms with van der Waals surface area (Å²) in [6.45, 7) is 1.69. The van der Waals surface area contributed by atoms with E-state index in [2.05, 4.69) is 9.97 Å². The number of benzene rings is 1. The summed E-state index contributed by atoms with van der Waals surface area (Å²) in [6, 6.07) is 8.94. The molecule has 0 aliphatic carbocycles. The highest BCUT2D eigenvalue weighted by Crippen LogP contribution is 2.16. The van der Waals surface area contributed by atoms with Crippen LogP contribution in [0.3, 0.4) is 0 Å². The van der Waals surface area contributed by atoms with Crippen molar-refractivity contribution in [1.29, 1.82) is 0 Å². The molecule has 0 spiro atoms. The Balaban J connectivity index is 1.78. The minimum absolute atomic E-state index is 0.214. The molecule has 0 bridgehead atoms. The molecule has 22 heavy (non-hydrogen) atoms. The molecule has 3 aromatic rings. The average molecular weight is 314 g/mol. The van der Waals surface area contributed by atoms with Gasteiger partial charge >= 0.3 is 5.97 Å². The van der Waals surface area contributed by atoms with Crippen LogP contribution >= 0.6 is 11.3 Å². The first-order valence-corrected chi connectivity index (χ1v) is 7.77. The van der Waals surface area contributed by atoms with E-state index in [4.69, 9.17) is 4.74 Å². The lowest BCUT2D eigenvalue weighted by Crippen LogP contribution is -2.18. The number of H-pyrrole nitrogens is 1. The molecule has 1 N–H and O–H groups in total. The van der Waals surface area contributed by atoms with Gasteiger partial charge in [-0.1, -0.05) is 12.1 Å². The Morgan fingerprint density at radius 2 is 2.18 bits per heavy atom. The van der Waals surface area contributed by atoms with Crippen LogP contribution in [0.2, 0.25) is 0 Å². The van der Waals surface area contributed by atoms with Crippen molar-refractivity contribution in [3.8, 4) is 0 Å². The molecule has 2 aromatic heterocycles. The highest BCUT2D eigenvalue weighted by Gasteiger charge is 2.16. The molecule has 0 unspecified atom stereocenters. The van der Waals surface area contributed by atoms with Crippen LogP contribution in [0, 0.1) is 0 Å². The molecule has 0 radical (unpaired) electrons. The van der Waals surface area contributed by atoms with Crippen molar-refractivity contribution < 1.29 is 9.53 Å². The van der Waals surface area contributed by atoms with Crippen LogP contribution in [0.25, 0.3) is 10.9 Å². The molecule has 112 valence electrons. The average Bonchev–Trinajstić information content (AvgIpc) is 3.00. The molecule has 6 heteroatoms. The second kappa shape index (κ2) is 6.11. The van der Waals surface area contributed by atoms with Gasteiger partial charge in [0, 0.05) is 0 Å². The zero-order valence-corrected chi connectivity index (χ0v) is 12.7. The van der Waals surface area contributed by atoms with Crippen LogP contribution in [0.1, 0.15) is 24.4 Å². The number of rotatable bonds is 4. The van der Waals surface area contributed by atoms with Crippen molar-refractivity contribution in [1.82, 2.24) is 9.97 Å². The Morgan fingerprint density at radius 1 is 1.36 bits per heavy atom. The fraction of sp³-hybridized carbons (Fsp3) is 0.188. The van der Waals surface area contributed by atoms with E-state index < -0.39 is 6.10 Å². The minimum Gasteiger partial charge on any atom is -0.454 e. The Morgan fingerprint density at radius 3 is 2.95 bits per heavy atom. The molecule has 0 aliphatic rings. The normalized spacial score (nSPS) is 12.2. The van der Waals surface area contributed by atoms with Crippen LogP contribution in [0.5, 0.6) is 0 Å². The highest BCUT2D eigenvalue weighted by molar-refractivity contribution is 7.07. The second-order valence-corrected chi connectivity index (χ2v) is 5.69. The Bertz CT molecular complexity index is 855. The van der Waals surface area contributed by atoms with Crippen LogP contribution in [-0.4, -0.2) is 15.9 Å². The summed E-state index contributed by atoms with van der Waals surface area (Å²) in [4.78, 5) is 30.9. The molecule has 5 nitrogen and oxygen atoms in total. The lowest BCUT2D eigenvalue weighted by Gasteiger charge is -2.12. The number of nitrogens with zero attached hydrogens (tertiary/aromatic N) is 1. The van der Waals surface area contributed by atoms with Gasteiger partial charge in [-0.25, -0.2) is 4.98 Å². The molecule has 0 amide bonds. The topological polar surface area (TPSA) is 72.0 Å².